The summed E-state index contributed by atoms with van der Waals surface area (Å²) >= 11 is 0. The Kier molecular flexibility index (Phi) is 21.8. The quantitative estimate of drug-likeness (QED) is 0.0328. The highest BCUT2D eigenvalue weighted by molar-refractivity contribution is 8.77. The summed E-state index contributed by atoms with van der Waals surface area (Å²) in [6, 6.07) is 12.6. The summed E-state index contributed by atoms with van der Waals surface area (Å²) in [6.45, 7) is 5.98. The van der Waals surface area contributed by atoms with Gasteiger partial charge in [0.1, 0.15) is 42.3 Å². The van der Waals surface area contributed by atoms with Crippen LogP contribution in [-0.4, -0.2) is 130 Å². The van der Waals surface area contributed by atoms with E-state index in [1.165, 1.54) is 13.8 Å². The number of guanidine groups is 2. The standard InChI is InChI=1S/C47H65N13O9S2/c1-26(54-39(63)32(55-27(2)61)16-10-20-52-45(48)49)38(62)59-36-25-70-71-47(3,4)37(44(68)69)60-42(66)34(23-28-12-6-5-7-13-28)58-41(65)35(24-29-18-19-30-14-8-9-15-31(30)22-29)57-40(64)33(56-43(36)67)17-11-21-53-46(50)51/h5-9,12-15,18-19,22,26,32-37H,10-11,16-17,20-21,23-25H2,1-4H3,(H,54,63)(H,55,61)(H,56,67)(H,57,64)(H,58,65)(H,59,62)(H,60,66)(H,68,69)(H4,48,49,52)(H4,50,51,53)/t26-,32-,33-,34-,35-,36+,37+/m0/s1. The van der Waals surface area contributed by atoms with Crippen LogP contribution in [0.5, 0.6) is 0 Å². The number of amides is 7. The van der Waals surface area contributed by atoms with Crippen LogP contribution < -0.4 is 60.2 Å². The number of fused-ring (bicyclic) bond motifs is 1. The lowest BCUT2D eigenvalue weighted by molar-refractivity contribution is -0.143. The number of hydrogen-bond donors (Lipinski definition) is 12. The first-order valence-electron chi connectivity index (χ1n) is 22.9. The first-order chi connectivity index (χ1) is 33.6. The van der Waals surface area contributed by atoms with Gasteiger partial charge < -0.3 is 65.3 Å². The van der Waals surface area contributed by atoms with Gasteiger partial charge in [-0.2, -0.15) is 0 Å². The van der Waals surface area contributed by atoms with Gasteiger partial charge in [0.05, 0.1) is 4.75 Å². The second kappa shape index (κ2) is 27.3. The molecule has 0 unspecified atom stereocenters. The van der Waals surface area contributed by atoms with Crippen molar-refractivity contribution in [1.29, 1.82) is 0 Å². The molecule has 7 atom stereocenters. The number of rotatable bonds is 18. The molecular formula is C47H65N13O9S2. The van der Waals surface area contributed by atoms with Gasteiger partial charge in [0.15, 0.2) is 11.9 Å². The highest BCUT2D eigenvalue weighted by Crippen LogP contribution is 2.39. The monoisotopic (exact) mass is 1020 g/mol. The summed E-state index contributed by atoms with van der Waals surface area (Å²) in [5.74, 6) is -7.19. The molecule has 1 fully saturated rings. The predicted octanol–water partition coefficient (Wildman–Crippen LogP) is -0.576. The predicted molar refractivity (Wildman–Crippen MR) is 274 cm³/mol. The molecule has 1 aliphatic heterocycles. The van der Waals surface area contributed by atoms with Crippen LogP contribution >= 0.6 is 21.6 Å². The summed E-state index contributed by atoms with van der Waals surface area (Å²) in [6.07, 6.45) is 0.438. The van der Waals surface area contributed by atoms with Crippen LogP contribution in [-0.2, 0) is 51.2 Å². The van der Waals surface area contributed by atoms with Gasteiger partial charge in [0, 0.05) is 38.6 Å². The average molecular weight is 1020 g/mol. The molecule has 16 N–H and O–H groups in total. The Bertz CT molecular complexity index is 2430. The molecule has 384 valence electrons. The first kappa shape index (κ1) is 56.5. The fourth-order valence-corrected chi connectivity index (χ4v) is 10.2. The van der Waals surface area contributed by atoms with Gasteiger partial charge >= 0.3 is 5.97 Å². The van der Waals surface area contributed by atoms with Gasteiger partial charge in [-0.3, -0.25) is 43.5 Å². The third-order valence-electron chi connectivity index (χ3n) is 11.1. The largest absolute Gasteiger partial charge is 0.480 e. The van der Waals surface area contributed by atoms with Gasteiger partial charge in [0.2, 0.25) is 41.4 Å². The van der Waals surface area contributed by atoms with Crippen molar-refractivity contribution in [2.75, 3.05) is 18.8 Å². The second-order valence-electron chi connectivity index (χ2n) is 17.5. The molecule has 1 saturated heterocycles. The minimum absolute atomic E-state index is 0.0409. The normalized spacial score (nSPS) is 20.8. The van der Waals surface area contributed by atoms with Crippen LogP contribution in [0.2, 0.25) is 0 Å². The summed E-state index contributed by atoms with van der Waals surface area (Å²) < 4.78 is -1.29. The molecule has 1 heterocycles. The number of benzene rings is 3. The zero-order valence-electron chi connectivity index (χ0n) is 40.1. The number of carboxylic acid groups (broad SMARTS) is 1. The van der Waals surface area contributed by atoms with E-state index in [0.717, 1.165) is 32.4 Å². The van der Waals surface area contributed by atoms with Crippen molar-refractivity contribution in [3.8, 4) is 0 Å². The zero-order valence-corrected chi connectivity index (χ0v) is 41.7. The van der Waals surface area contributed by atoms with Gasteiger partial charge in [-0.15, -0.1) is 0 Å². The van der Waals surface area contributed by atoms with Crippen LogP contribution in [0.15, 0.2) is 82.8 Å². The van der Waals surface area contributed by atoms with Crippen molar-refractivity contribution in [2.45, 2.75) is 113 Å². The van der Waals surface area contributed by atoms with Gasteiger partial charge in [-0.1, -0.05) is 94.4 Å². The smallest absolute Gasteiger partial charge is 0.327 e. The number of carboxylic acids is 1. The van der Waals surface area contributed by atoms with E-state index < -0.39 is 94.4 Å². The molecule has 24 heteroatoms. The molecule has 22 nitrogen and oxygen atoms in total. The molecule has 0 aliphatic carbocycles. The topological polar surface area (TPSA) is 370 Å². The SMILES string of the molecule is CC(=O)N[C@@H](CCCN=C(N)N)C(=O)N[C@@H](C)C(=O)N[C@@H]1CSSC(C)(C)[C@@H](C(=O)O)NC(=O)[C@H](Cc2ccccc2)NC(=O)[C@H](Cc2ccc3ccccc3c2)NC(=O)[C@H](CCCN=C(N)N)NC1=O. The highest BCUT2D eigenvalue weighted by Gasteiger charge is 2.41. The summed E-state index contributed by atoms with van der Waals surface area (Å²) in [5, 5.41) is 31.0. The maximum atomic E-state index is 14.6. The summed E-state index contributed by atoms with van der Waals surface area (Å²) in [5.41, 5.74) is 23.2. The van der Waals surface area contributed by atoms with E-state index in [1.807, 2.05) is 36.4 Å². The van der Waals surface area contributed by atoms with Crippen LogP contribution in [0.3, 0.4) is 0 Å². The zero-order chi connectivity index (χ0) is 52.3. The number of nitrogens with two attached hydrogens (primary N) is 4. The number of nitrogens with one attached hydrogen (secondary N) is 7. The van der Waals surface area contributed by atoms with Gasteiger partial charge in [0.25, 0.3) is 0 Å². The minimum Gasteiger partial charge on any atom is -0.480 e. The Morgan fingerprint density at radius 3 is 1.90 bits per heavy atom. The van der Waals surface area contributed by atoms with Gasteiger partial charge in [-0.25, -0.2) is 4.79 Å². The molecule has 7 amide bonds. The van der Waals surface area contributed by atoms with Crippen molar-refractivity contribution in [3.05, 3.63) is 83.9 Å². The van der Waals surface area contributed by atoms with E-state index in [-0.39, 0.29) is 62.9 Å². The van der Waals surface area contributed by atoms with E-state index >= 15 is 0 Å². The lowest BCUT2D eigenvalue weighted by Gasteiger charge is -2.32. The molecule has 3 aromatic rings. The number of aliphatic carboxylic acids is 1. The third-order valence-corrected chi connectivity index (χ3v) is 14.4. The number of nitrogens with zero attached hydrogens (tertiary/aromatic N) is 2. The molecule has 0 saturated carbocycles. The maximum Gasteiger partial charge on any atom is 0.327 e. The van der Waals surface area contributed by atoms with Crippen molar-refractivity contribution in [1.82, 2.24) is 37.2 Å². The Labute approximate surface area is 419 Å². The molecule has 0 spiro atoms. The lowest BCUT2D eigenvalue weighted by Crippen LogP contribution is -2.61. The van der Waals surface area contributed by atoms with Crippen molar-refractivity contribution in [2.24, 2.45) is 32.9 Å². The van der Waals surface area contributed by atoms with E-state index in [0.29, 0.717) is 17.5 Å². The lowest BCUT2D eigenvalue weighted by atomic mass is 9.99. The molecule has 0 aromatic heterocycles. The van der Waals surface area contributed by atoms with E-state index in [2.05, 4.69) is 47.2 Å². The van der Waals surface area contributed by atoms with Crippen LogP contribution in [0, 0.1) is 0 Å². The van der Waals surface area contributed by atoms with Gasteiger partial charge in [-0.05, 0) is 68.4 Å². The average Bonchev–Trinajstić information content (AvgIpc) is 3.31. The first-order valence-corrected chi connectivity index (χ1v) is 25.2. The molecule has 1 aliphatic rings. The summed E-state index contributed by atoms with van der Waals surface area (Å²) in [4.78, 5) is 118. The number of carbonyl (C=O) groups excluding carboxylic acids is 7. The van der Waals surface area contributed by atoms with Crippen molar-refractivity contribution in [3.63, 3.8) is 0 Å². The van der Waals surface area contributed by atoms with Crippen LogP contribution in [0.25, 0.3) is 10.8 Å². The summed E-state index contributed by atoms with van der Waals surface area (Å²) in [7, 11) is 2.02. The fraction of sp³-hybridized carbons (Fsp3) is 0.447. The Balaban J connectivity index is 1.74. The second-order valence-corrected chi connectivity index (χ2v) is 20.4. The third kappa shape index (κ3) is 18.6. The van der Waals surface area contributed by atoms with E-state index in [1.54, 1.807) is 50.2 Å². The minimum atomic E-state index is -1.55. The van der Waals surface area contributed by atoms with Crippen LogP contribution in [0.4, 0.5) is 0 Å². The number of hydrogen-bond acceptors (Lipinski definition) is 12. The van der Waals surface area contributed by atoms with E-state index in [9.17, 15) is 43.5 Å². The molecule has 0 radical (unpaired) electrons. The van der Waals surface area contributed by atoms with Crippen LogP contribution in [0.1, 0.15) is 64.5 Å². The molecular weight excluding hydrogens is 955 g/mol. The molecule has 4 rings (SSSR count). The van der Waals surface area contributed by atoms with Crippen molar-refractivity contribution < 1.29 is 43.5 Å². The molecule has 0 bridgehead atoms. The van der Waals surface area contributed by atoms with E-state index in [4.69, 9.17) is 22.9 Å². The number of aliphatic imine (C=N–C) groups is 2. The highest BCUT2D eigenvalue weighted by atomic mass is 33.1. The Morgan fingerprint density at radius 1 is 0.718 bits per heavy atom. The maximum absolute atomic E-state index is 14.6. The van der Waals surface area contributed by atoms with Crippen molar-refractivity contribution >= 4 is 91.6 Å². The Morgan fingerprint density at radius 2 is 1.28 bits per heavy atom. The molecule has 3 aromatic carbocycles. The molecule has 71 heavy (non-hydrogen) atoms. The Hall–Kier alpha value is -7.08. The fourth-order valence-electron chi connectivity index (χ4n) is 7.41. The number of carbonyl (C=O) groups is 8.